The van der Waals surface area contributed by atoms with Crippen molar-refractivity contribution in [1.29, 1.82) is 0 Å². The van der Waals surface area contributed by atoms with Crippen molar-refractivity contribution in [2.24, 2.45) is 0 Å². The van der Waals surface area contributed by atoms with E-state index in [2.05, 4.69) is 15.5 Å². The van der Waals surface area contributed by atoms with E-state index in [9.17, 15) is 18.0 Å². The minimum Gasteiger partial charge on any atom is -0.484 e. The summed E-state index contributed by atoms with van der Waals surface area (Å²) in [4.78, 5) is 16.0. The number of carbonyl (C=O) groups excluding carboxylic acids is 1. The molecule has 9 heteroatoms. The van der Waals surface area contributed by atoms with Gasteiger partial charge in [-0.15, -0.1) is 0 Å². The molecule has 1 heterocycles. The van der Waals surface area contributed by atoms with Crippen LogP contribution >= 0.6 is 0 Å². The van der Waals surface area contributed by atoms with Crippen LogP contribution in [0.15, 0.2) is 59.1 Å². The molecule has 3 aromatic rings. The average molecular weight is 377 g/mol. The molecule has 0 spiro atoms. The van der Waals surface area contributed by atoms with Crippen molar-refractivity contribution in [3.63, 3.8) is 0 Å². The van der Waals surface area contributed by atoms with Crippen molar-refractivity contribution < 1.29 is 27.2 Å². The quantitative estimate of drug-likeness (QED) is 0.712. The molecular weight excluding hydrogens is 363 g/mol. The number of benzene rings is 2. The zero-order valence-electron chi connectivity index (χ0n) is 13.9. The van der Waals surface area contributed by atoms with Crippen LogP contribution in [0, 0.1) is 0 Å². The fraction of sp³-hybridized carbons (Fsp3) is 0.167. The van der Waals surface area contributed by atoms with Crippen molar-refractivity contribution in [3.8, 4) is 17.1 Å². The van der Waals surface area contributed by atoms with E-state index in [-0.39, 0.29) is 18.2 Å². The van der Waals surface area contributed by atoms with Gasteiger partial charge in [-0.1, -0.05) is 41.6 Å². The predicted octanol–water partition coefficient (Wildman–Crippen LogP) is 3.45. The first-order chi connectivity index (χ1) is 12.9. The van der Waals surface area contributed by atoms with Crippen LogP contribution in [0.2, 0.25) is 0 Å². The fourth-order valence-electron chi connectivity index (χ4n) is 2.17. The number of alkyl halides is 3. The fourth-order valence-corrected chi connectivity index (χ4v) is 2.17. The lowest BCUT2D eigenvalue weighted by atomic mass is 10.2. The van der Waals surface area contributed by atoms with Crippen LogP contribution in [0.3, 0.4) is 0 Å². The number of ether oxygens (including phenoxy) is 1. The van der Waals surface area contributed by atoms with Gasteiger partial charge in [0.25, 0.3) is 5.91 Å². The number of halogens is 3. The molecule has 1 amide bonds. The maximum atomic E-state index is 12.6. The van der Waals surface area contributed by atoms with E-state index in [1.807, 2.05) is 30.3 Å². The molecule has 27 heavy (non-hydrogen) atoms. The first-order valence-electron chi connectivity index (χ1n) is 7.86. The Labute approximate surface area is 152 Å². The standard InChI is InChI=1S/C18H14F3N3O3/c19-18(20,21)13-7-4-8-14(9-13)26-11-15(25)22-10-16-23-17(24-27-16)12-5-2-1-3-6-12/h1-9H,10-11H2,(H,22,25). The molecular formula is C18H14F3N3O3. The monoisotopic (exact) mass is 377 g/mol. The number of rotatable bonds is 6. The third-order valence-corrected chi connectivity index (χ3v) is 3.47. The summed E-state index contributed by atoms with van der Waals surface area (Å²) in [6.07, 6.45) is -4.48. The molecule has 3 rings (SSSR count). The smallest absolute Gasteiger partial charge is 0.416 e. The molecule has 2 aromatic carbocycles. The number of hydrogen-bond donors (Lipinski definition) is 1. The van der Waals surface area contributed by atoms with Gasteiger partial charge in [-0.25, -0.2) is 0 Å². The second-order valence-electron chi connectivity index (χ2n) is 5.47. The van der Waals surface area contributed by atoms with Gasteiger partial charge in [-0.3, -0.25) is 4.79 Å². The lowest BCUT2D eigenvalue weighted by molar-refractivity contribution is -0.137. The predicted molar refractivity (Wildman–Crippen MR) is 88.5 cm³/mol. The highest BCUT2D eigenvalue weighted by Crippen LogP contribution is 2.31. The van der Waals surface area contributed by atoms with Crippen LogP contribution in [-0.4, -0.2) is 22.7 Å². The highest BCUT2D eigenvalue weighted by molar-refractivity contribution is 5.77. The van der Waals surface area contributed by atoms with E-state index in [0.717, 1.165) is 17.7 Å². The molecule has 0 aliphatic carbocycles. The lowest BCUT2D eigenvalue weighted by Gasteiger charge is -2.10. The molecule has 0 bridgehead atoms. The molecule has 0 fully saturated rings. The Bertz CT molecular complexity index is 911. The van der Waals surface area contributed by atoms with E-state index in [1.165, 1.54) is 12.1 Å². The van der Waals surface area contributed by atoms with Crippen molar-refractivity contribution in [2.45, 2.75) is 12.7 Å². The third-order valence-electron chi connectivity index (χ3n) is 3.47. The molecule has 0 radical (unpaired) electrons. The molecule has 0 saturated carbocycles. The van der Waals surface area contributed by atoms with Crippen LogP contribution in [0.5, 0.6) is 5.75 Å². The summed E-state index contributed by atoms with van der Waals surface area (Å²) >= 11 is 0. The van der Waals surface area contributed by atoms with Gasteiger partial charge in [0.15, 0.2) is 6.61 Å². The SMILES string of the molecule is O=C(COc1cccc(C(F)(F)F)c1)NCc1nc(-c2ccccc2)no1. The van der Waals surface area contributed by atoms with Crippen molar-refractivity contribution in [3.05, 3.63) is 66.1 Å². The largest absolute Gasteiger partial charge is 0.484 e. The van der Waals surface area contributed by atoms with Crippen LogP contribution in [0.4, 0.5) is 13.2 Å². The van der Waals surface area contributed by atoms with E-state index in [4.69, 9.17) is 9.26 Å². The normalized spacial score (nSPS) is 11.2. The molecule has 1 aromatic heterocycles. The summed E-state index contributed by atoms with van der Waals surface area (Å²) in [6.45, 7) is -0.467. The zero-order chi connectivity index (χ0) is 19.3. The van der Waals surface area contributed by atoms with Gasteiger partial charge in [-0.05, 0) is 18.2 Å². The van der Waals surface area contributed by atoms with E-state index in [0.29, 0.717) is 5.82 Å². The van der Waals surface area contributed by atoms with Gasteiger partial charge in [-0.2, -0.15) is 18.2 Å². The topological polar surface area (TPSA) is 77.2 Å². The number of aromatic nitrogens is 2. The highest BCUT2D eigenvalue weighted by atomic mass is 19.4. The summed E-state index contributed by atoms with van der Waals surface area (Å²) < 4.78 is 48.1. The van der Waals surface area contributed by atoms with Crippen LogP contribution in [0.25, 0.3) is 11.4 Å². The van der Waals surface area contributed by atoms with Gasteiger partial charge >= 0.3 is 6.18 Å². The Morgan fingerprint density at radius 2 is 1.89 bits per heavy atom. The third kappa shape index (κ3) is 5.06. The van der Waals surface area contributed by atoms with E-state index in [1.54, 1.807) is 0 Å². The van der Waals surface area contributed by atoms with Crippen molar-refractivity contribution >= 4 is 5.91 Å². The van der Waals surface area contributed by atoms with Gasteiger partial charge < -0.3 is 14.6 Å². The number of amides is 1. The maximum Gasteiger partial charge on any atom is 0.416 e. The maximum absolute atomic E-state index is 12.6. The van der Waals surface area contributed by atoms with Crippen LogP contribution in [-0.2, 0) is 17.5 Å². The molecule has 0 atom stereocenters. The second-order valence-corrected chi connectivity index (χ2v) is 5.47. The van der Waals surface area contributed by atoms with Crippen LogP contribution < -0.4 is 10.1 Å². The Balaban J connectivity index is 1.50. The minimum absolute atomic E-state index is 0.0232. The summed E-state index contributed by atoms with van der Waals surface area (Å²) in [5, 5.41) is 6.31. The van der Waals surface area contributed by atoms with Crippen LogP contribution in [0.1, 0.15) is 11.5 Å². The first-order valence-corrected chi connectivity index (χ1v) is 7.86. The summed E-state index contributed by atoms with van der Waals surface area (Å²) in [6, 6.07) is 13.5. The molecule has 1 N–H and O–H groups in total. The van der Waals surface area contributed by atoms with Crippen molar-refractivity contribution in [2.75, 3.05) is 6.61 Å². The first kappa shape index (κ1) is 18.4. The number of carbonyl (C=O) groups is 1. The van der Waals surface area contributed by atoms with Gasteiger partial charge in [0.1, 0.15) is 5.75 Å². The number of nitrogens with one attached hydrogen (secondary N) is 1. The molecule has 6 nitrogen and oxygen atoms in total. The molecule has 0 unspecified atom stereocenters. The molecule has 0 aliphatic rings. The summed E-state index contributed by atoms with van der Waals surface area (Å²) in [5.41, 5.74) is -0.0774. The average Bonchev–Trinajstić information content (AvgIpc) is 3.14. The molecule has 0 aliphatic heterocycles. The number of nitrogens with zero attached hydrogens (tertiary/aromatic N) is 2. The molecule has 140 valence electrons. The Hall–Kier alpha value is -3.36. The highest BCUT2D eigenvalue weighted by Gasteiger charge is 2.30. The minimum atomic E-state index is -4.48. The Morgan fingerprint density at radius 1 is 1.11 bits per heavy atom. The molecule has 0 saturated heterocycles. The van der Waals surface area contributed by atoms with Crippen molar-refractivity contribution in [1.82, 2.24) is 15.5 Å². The zero-order valence-corrected chi connectivity index (χ0v) is 13.9. The van der Waals surface area contributed by atoms with Gasteiger partial charge in [0.2, 0.25) is 11.7 Å². The summed E-state index contributed by atoms with van der Waals surface area (Å²) in [7, 11) is 0. The second kappa shape index (κ2) is 7.90. The number of hydrogen-bond acceptors (Lipinski definition) is 5. The Morgan fingerprint density at radius 3 is 2.63 bits per heavy atom. The van der Waals surface area contributed by atoms with E-state index >= 15 is 0 Å². The van der Waals surface area contributed by atoms with Gasteiger partial charge in [0, 0.05) is 5.56 Å². The summed E-state index contributed by atoms with van der Waals surface area (Å²) in [5.74, 6) is -0.00246. The van der Waals surface area contributed by atoms with E-state index < -0.39 is 24.3 Å². The lowest BCUT2D eigenvalue weighted by Crippen LogP contribution is -2.28. The Kier molecular flexibility index (Phi) is 5.39. The van der Waals surface area contributed by atoms with Gasteiger partial charge in [0.05, 0.1) is 12.1 Å².